The number of hydrogen-bond acceptors (Lipinski definition) is 5. The van der Waals surface area contributed by atoms with Crippen LogP contribution in [0.1, 0.15) is 40.3 Å². The van der Waals surface area contributed by atoms with Crippen molar-refractivity contribution in [2.75, 3.05) is 18.0 Å². The third-order valence-corrected chi connectivity index (χ3v) is 6.20. The number of carboxylic acid groups (broad SMARTS) is 1. The summed E-state index contributed by atoms with van der Waals surface area (Å²) in [6, 6.07) is 20.3. The highest BCUT2D eigenvalue weighted by atomic mass is 16.4. The molecule has 2 N–H and O–H groups in total. The quantitative estimate of drug-likeness (QED) is 0.325. The van der Waals surface area contributed by atoms with E-state index in [4.69, 9.17) is 5.11 Å². The molecule has 0 saturated carbocycles. The van der Waals surface area contributed by atoms with Crippen molar-refractivity contribution in [2.45, 2.75) is 26.2 Å². The van der Waals surface area contributed by atoms with Gasteiger partial charge in [-0.1, -0.05) is 41.6 Å². The van der Waals surface area contributed by atoms with Crippen LogP contribution in [0.4, 0.5) is 5.69 Å². The fourth-order valence-electron chi connectivity index (χ4n) is 4.28. The van der Waals surface area contributed by atoms with Gasteiger partial charge in [0.25, 0.3) is 0 Å². The summed E-state index contributed by atoms with van der Waals surface area (Å²) in [4.78, 5) is 17.4. The summed E-state index contributed by atoms with van der Waals surface area (Å²) in [5.74, 6) is -1.02. The molecule has 32 heavy (non-hydrogen) atoms. The fraction of sp³-hybridized carbons (Fsp3) is 0.269. The van der Waals surface area contributed by atoms with E-state index in [0.717, 1.165) is 22.5 Å². The Hall–Kier alpha value is -3.67. The molecule has 0 bridgehead atoms. The van der Waals surface area contributed by atoms with Crippen LogP contribution in [0.25, 0.3) is 0 Å². The summed E-state index contributed by atoms with van der Waals surface area (Å²) < 4.78 is 0. The first kappa shape index (κ1) is 21.6. The van der Waals surface area contributed by atoms with Crippen LogP contribution in [0.15, 0.2) is 72.0 Å². The van der Waals surface area contributed by atoms with Crippen molar-refractivity contribution in [1.29, 1.82) is 0 Å². The van der Waals surface area contributed by atoms with Gasteiger partial charge in [0.15, 0.2) is 0 Å². The molecule has 1 fully saturated rings. The van der Waals surface area contributed by atoms with Crippen molar-refractivity contribution in [2.24, 2.45) is 11.1 Å². The molecular weight excluding hydrogens is 402 g/mol. The topological polar surface area (TPSA) is 86.0 Å². The maximum Gasteiger partial charge on any atom is 0.310 e. The van der Waals surface area contributed by atoms with Gasteiger partial charge in [-0.3, -0.25) is 9.78 Å². The Bertz CT molecular complexity index is 1140. The van der Waals surface area contributed by atoms with E-state index in [1.54, 1.807) is 6.20 Å². The molecule has 0 amide bonds. The lowest BCUT2D eigenvalue weighted by atomic mass is 9.83. The van der Waals surface area contributed by atoms with Crippen molar-refractivity contribution in [3.63, 3.8) is 0 Å². The van der Waals surface area contributed by atoms with Crippen LogP contribution in [-0.4, -0.2) is 40.1 Å². The average Bonchev–Trinajstić information content (AvgIpc) is 2.75. The van der Waals surface area contributed by atoms with Gasteiger partial charge in [-0.2, -0.15) is 0 Å². The number of anilines is 1. The molecule has 1 saturated heterocycles. The third-order valence-electron chi connectivity index (χ3n) is 6.20. The van der Waals surface area contributed by atoms with Crippen LogP contribution in [0.5, 0.6) is 0 Å². The van der Waals surface area contributed by atoms with Gasteiger partial charge < -0.3 is 15.2 Å². The van der Waals surface area contributed by atoms with E-state index < -0.39 is 5.97 Å². The molecule has 0 aliphatic carbocycles. The second kappa shape index (κ2) is 9.22. The summed E-state index contributed by atoms with van der Waals surface area (Å²) in [5, 5.41) is 22.6. The van der Waals surface area contributed by atoms with Crippen molar-refractivity contribution >= 4 is 17.4 Å². The smallest absolute Gasteiger partial charge is 0.310 e. The zero-order valence-electron chi connectivity index (χ0n) is 18.3. The highest BCUT2D eigenvalue weighted by molar-refractivity contribution is 6.01. The first-order chi connectivity index (χ1) is 15.5. The van der Waals surface area contributed by atoms with Gasteiger partial charge >= 0.3 is 5.97 Å². The van der Waals surface area contributed by atoms with Gasteiger partial charge in [-0.15, -0.1) is 0 Å². The van der Waals surface area contributed by atoms with Crippen molar-refractivity contribution in [1.82, 2.24) is 4.98 Å². The van der Waals surface area contributed by atoms with E-state index in [1.807, 2.05) is 43.3 Å². The Morgan fingerprint density at radius 2 is 1.84 bits per heavy atom. The van der Waals surface area contributed by atoms with Crippen LogP contribution >= 0.6 is 0 Å². The van der Waals surface area contributed by atoms with Crippen molar-refractivity contribution < 1.29 is 15.1 Å². The Morgan fingerprint density at radius 3 is 2.47 bits per heavy atom. The summed E-state index contributed by atoms with van der Waals surface area (Å²) in [5.41, 5.74) is 6.84. The molecule has 6 nitrogen and oxygen atoms in total. The van der Waals surface area contributed by atoms with Crippen LogP contribution in [-0.2, 0) is 4.79 Å². The highest BCUT2D eigenvalue weighted by Gasteiger charge is 2.32. The Kier molecular flexibility index (Phi) is 6.21. The minimum absolute atomic E-state index is 0.00720. The molecule has 1 aliphatic rings. The number of aromatic nitrogens is 1. The molecular formula is C26H27N3O3. The molecule has 1 aliphatic heterocycles. The largest absolute Gasteiger partial charge is 0.481 e. The predicted molar refractivity (Wildman–Crippen MR) is 125 cm³/mol. The molecule has 1 atom stereocenters. The molecule has 2 heterocycles. The zero-order valence-corrected chi connectivity index (χ0v) is 18.3. The monoisotopic (exact) mass is 429 g/mol. The summed E-state index contributed by atoms with van der Waals surface area (Å²) >= 11 is 0. The number of aliphatic carboxylic acids is 1. The van der Waals surface area contributed by atoms with Crippen molar-refractivity contribution in [3.05, 3.63) is 94.8 Å². The van der Waals surface area contributed by atoms with Gasteiger partial charge in [0.2, 0.25) is 0 Å². The molecule has 0 spiro atoms. The molecule has 3 aromatic rings. The van der Waals surface area contributed by atoms with Crippen LogP contribution in [0.2, 0.25) is 0 Å². The second-order valence-electron chi connectivity index (χ2n) is 8.38. The maximum absolute atomic E-state index is 11.1. The number of oxime groups is 1. The van der Waals surface area contributed by atoms with E-state index in [9.17, 15) is 10.0 Å². The Labute approximate surface area is 187 Å². The van der Waals surface area contributed by atoms with Crippen molar-refractivity contribution in [3.8, 4) is 0 Å². The number of hydrogen-bond donors (Lipinski definition) is 2. The van der Waals surface area contributed by atoms with Crippen LogP contribution < -0.4 is 4.90 Å². The predicted octanol–water partition coefficient (Wildman–Crippen LogP) is 4.62. The fourth-order valence-corrected chi connectivity index (χ4v) is 4.28. The highest BCUT2D eigenvalue weighted by Crippen LogP contribution is 2.34. The molecule has 0 unspecified atom stereocenters. The molecule has 164 valence electrons. The molecule has 2 aromatic carbocycles. The van der Waals surface area contributed by atoms with Gasteiger partial charge in [0.1, 0.15) is 0 Å². The Morgan fingerprint density at radius 1 is 1.12 bits per heavy atom. The average molecular weight is 430 g/mol. The van der Waals surface area contributed by atoms with E-state index >= 15 is 0 Å². The van der Waals surface area contributed by atoms with Crippen LogP contribution in [0.3, 0.4) is 0 Å². The lowest BCUT2D eigenvalue weighted by Crippen LogP contribution is -2.50. The van der Waals surface area contributed by atoms with Crippen LogP contribution in [0, 0.1) is 19.8 Å². The SMILES string of the molecule is Cc1cc(/C(C[C@H](c2ccc(N3CC(C(=O)O)C3)cc2)c2ccccc2C)=N\O)ccn1. The third kappa shape index (κ3) is 4.49. The minimum atomic E-state index is -0.736. The number of aryl methyl sites for hydroxylation is 2. The van der Waals surface area contributed by atoms with E-state index in [0.29, 0.717) is 25.2 Å². The number of pyridine rings is 1. The summed E-state index contributed by atoms with van der Waals surface area (Å²) in [7, 11) is 0. The van der Waals surface area contributed by atoms with Gasteiger partial charge in [-0.25, -0.2) is 0 Å². The molecule has 0 radical (unpaired) electrons. The number of rotatable bonds is 7. The van der Waals surface area contributed by atoms with E-state index in [1.165, 1.54) is 11.1 Å². The number of nitrogens with zero attached hydrogens (tertiary/aromatic N) is 3. The lowest BCUT2D eigenvalue weighted by molar-refractivity contribution is -0.142. The molecule has 4 rings (SSSR count). The van der Waals surface area contributed by atoms with Gasteiger partial charge in [0.05, 0.1) is 11.6 Å². The first-order valence-electron chi connectivity index (χ1n) is 10.7. The standard InChI is InChI=1S/C26H27N3O3/c1-17-5-3-4-6-23(17)24(14-25(28-32)20-11-12-27-18(2)13-20)19-7-9-22(10-8-19)29-15-21(16-29)26(30)31/h3-13,21,24,32H,14-16H2,1-2H3,(H,30,31)/b28-25-/t24-/m1/s1. The van der Waals surface area contributed by atoms with E-state index in [2.05, 4.69) is 46.2 Å². The maximum atomic E-state index is 11.1. The van der Waals surface area contributed by atoms with Gasteiger partial charge in [0, 0.05) is 48.6 Å². The number of carbonyl (C=O) groups is 1. The van der Waals surface area contributed by atoms with E-state index in [-0.39, 0.29) is 11.8 Å². The number of benzene rings is 2. The molecule has 1 aromatic heterocycles. The molecule has 6 heteroatoms. The number of carboxylic acids is 1. The summed E-state index contributed by atoms with van der Waals surface area (Å²) in [6.07, 6.45) is 2.26. The normalized spacial score (nSPS) is 15.3. The van der Waals surface area contributed by atoms with Gasteiger partial charge in [-0.05, 0) is 54.8 Å². The second-order valence-corrected chi connectivity index (χ2v) is 8.38. The first-order valence-corrected chi connectivity index (χ1v) is 10.7. The minimum Gasteiger partial charge on any atom is -0.481 e. The zero-order chi connectivity index (χ0) is 22.7. The summed E-state index contributed by atoms with van der Waals surface area (Å²) in [6.45, 7) is 5.09. The Balaban J connectivity index is 1.63. The lowest BCUT2D eigenvalue weighted by Gasteiger charge is -2.38.